The first-order chi connectivity index (χ1) is 12.1. The highest BCUT2D eigenvalue weighted by atomic mass is 19.1. The summed E-state index contributed by atoms with van der Waals surface area (Å²) in [4.78, 5) is 19.6. The van der Waals surface area contributed by atoms with Gasteiger partial charge in [-0.15, -0.1) is 0 Å². The van der Waals surface area contributed by atoms with Crippen LogP contribution < -0.4 is 4.74 Å². The molecule has 1 aromatic heterocycles. The summed E-state index contributed by atoms with van der Waals surface area (Å²) in [6.45, 7) is 0. The molecular formula is C19H12F2N2O2. The van der Waals surface area contributed by atoms with Crippen LogP contribution in [0.5, 0.6) is 11.5 Å². The molecule has 0 aliphatic heterocycles. The van der Waals surface area contributed by atoms with Gasteiger partial charge >= 0.3 is 0 Å². The Morgan fingerprint density at radius 1 is 1.00 bits per heavy atom. The van der Waals surface area contributed by atoms with E-state index < -0.39 is 11.6 Å². The molecule has 0 fully saturated rings. The Balaban J connectivity index is 1.75. The molecule has 0 amide bonds. The van der Waals surface area contributed by atoms with Crippen molar-refractivity contribution in [3.05, 3.63) is 90.0 Å². The third-order valence-electron chi connectivity index (χ3n) is 3.26. The molecule has 0 saturated heterocycles. The summed E-state index contributed by atoms with van der Waals surface area (Å²) >= 11 is 0. The molecule has 0 saturated carbocycles. The normalized spacial score (nSPS) is 10.8. The largest absolute Gasteiger partial charge is 0.451 e. The van der Waals surface area contributed by atoms with Crippen molar-refractivity contribution in [2.75, 3.05) is 0 Å². The number of hydrogen-bond donors (Lipinski definition) is 0. The van der Waals surface area contributed by atoms with Crippen molar-refractivity contribution < 1.29 is 18.3 Å². The van der Waals surface area contributed by atoms with Gasteiger partial charge in [0.25, 0.3) is 0 Å². The van der Waals surface area contributed by atoms with Gasteiger partial charge in [-0.2, -0.15) is 0 Å². The molecular weight excluding hydrogens is 326 g/mol. The number of carbonyl (C=O) groups is 1. The summed E-state index contributed by atoms with van der Waals surface area (Å²) < 4.78 is 32.9. The molecule has 1 heterocycles. The Bertz CT molecular complexity index is 928. The van der Waals surface area contributed by atoms with Gasteiger partial charge in [0.05, 0.1) is 6.20 Å². The summed E-state index contributed by atoms with van der Waals surface area (Å²) in [7, 11) is 0. The van der Waals surface area contributed by atoms with E-state index in [0.717, 1.165) is 0 Å². The molecule has 2 aromatic carbocycles. The van der Waals surface area contributed by atoms with Crippen LogP contribution in [-0.4, -0.2) is 15.8 Å². The van der Waals surface area contributed by atoms with Crippen LogP contribution in [0.1, 0.15) is 16.1 Å². The van der Waals surface area contributed by atoms with E-state index >= 15 is 0 Å². The summed E-state index contributed by atoms with van der Waals surface area (Å²) in [6.07, 6.45) is 6.95. The number of halogens is 2. The minimum Gasteiger partial charge on any atom is -0.451 e. The minimum atomic E-state index is -0.669. The van der Waals surface area contributed by atoms with Crippen molar-refractivity contribution in [3.8, 4) is 11.5 Å². The number of ether oxygens (including phenoxy) is 1. The Kier molecular flexibility index (Phi) is 4.89. The fourth-order valence-electron chi connectivity index (χ4n) is 2.03. The molecule has 124 valence electrons. The molecule has 0 N–H and O–H groups in total. The van der Waals surface area contributed by atoms with E-state index in [1.165, 1.54) is 61.1 Å². The highest BCUT2D eigenvalue weighted by Crippen LogP contribution is 2.27. The topological polar surface area (TPSA) is 52.1 Å². The highest BCUT2D eigenvalue weighted by Gasteiger charge is 2.09. The van der Waals surface area contributed by atoms with Crippen LogP contribution in [0.3, 0.4) is 0 Å². The number of benzene rings is 2. The fourth-order valence-corrected chi connectivity index (χ4v) is 2.03. The third-order valence-corrected chi connectivity index (χ3v) is 3.26. The van der Waals surface area contributed by atoms with E-state index in [2.05, 4.69) is 9.97 Å². The van der Waals surface area contributed by atoms with Gasteiger partial charge in [-0.1, -0.05) is 24.3 Å². The van der Waals surface area contributed by atoms with Crippen LogP contribution in [0.15, 0.2) is 67.1 Å². The third kappa shape index (κ3) is 4.11. The lowest BCUT2D eigenvalue weighted by atomic mass is 10.1. The SMILES string of the molecule is O=C(/C=C/c1ccc(Oc2ccccc2F)c(F)c1)c1cnccn1. The van der Waals surface area contributed by atoms with Gasteiger partial charge in [0, 0.05) is 12.4 Å². The van der Waals surface area contributed by atoms with Gasteiger partial charge in [-0.25, -0.2) is 13.8 Å². The van der Waals surface area contributed by atoms with Crippen molar-refractivity contribution in [2.45, 2.75) is 0 Å². The van der Waals surface area contributed by atoms with Crippen LogP contribution in [0, 0.1) is 11.6 Å². The quantitative estimate of drug-likeness (QED) is 0.510. The monoisotopic (exact) mass is 338 g/mol. The van der Waals surface area contributed by atoms with Crippen molar-refractivity contribution in [1.29, 1.82) is 0 Å². The van der Waals surface area contributed by atoms with Crippen molar-refractivity contribution in [2.24, 2.45) is 0 Å². The van der Waals surface area contributed by atoms with E-state index in [9.17, 15) is 13.6 Å². The van der Waals surface area contributed by atoms with Gasteiger partial charge in [0.1, 0.15) is 5.69 Å². The van der Waals surface area contributed by atoms with Crippen LogP contribution in [-0.2, 0) is 0 Å². The fraction of sp³-hybridized carbons (Fsp3) is 0. The number of nitrogens with zero attached hydrogens (tertiary/aromatic N) is 2. The minimum absolute atomic E-state index is 0.0671. The average Bonchev–Trinajstić information content (AvgIpc) is 2.64. The Labute approximate surface area is 142 Å². The maximum atomic E-state index is 14.1. The van der Waals surface area contributed by atoms with Gasteiger partial charge in [-0.3, -0.25) is 9.78 Å². The molecule has 0 atom stereocenters. The Hall–Kier alpha value is -3.41. The Morgan fingerprint density at radius 2 is 1.80 bits per heavy atom. The van der Waals surface area contributed by atoms with E-state index in [1.807, 2.05) is 0 Å². The number of carbonyl (C=O) groups excluding carboxylic acids is 1. The number of allylic oxidation sites excluding steroid dienone is 1. The predicted molar refractivity (Wildman–Crippen MR) is 88.3 cm³/mol. The predicted octanol–water partition coefficient (Wildman–Crippen LogP) is 4.44. The summed E-state index contributed by atoms with van der Waals surface area (Å²) in [5.41, 5.74) is 0.648. The van der Waals surface area contributed by atoms with Gasteiger partial charge in [0.15, 0.2) is 23.1 Å². The second-order valence-electron chi connectivity index (χ2n) is 5.01. The van der Waals surface area contributed by atoms with Gasteiger partial charge in [0.2, 0.25) is 5.78 Å². The van der Waals surface area contributed by atoms with Crippen LogP contribution in [0.4, 0.5) is 8.78 Å². The van der Waals surface area contributed by atoms with Crippen LogP contribution in [0.2, 0.25) is 0 Å². The standard InChI is InChI=1S/C19H12F2N2O2/c20-14-3-1-2-4-18(14)25-19-8-6-13(11-15(19)21)5-7-17(24)16-12-22-9-10-23-16/h1-12H/b7-5+. The lowest BCUT2D eigenvalue weighted by Crippen LogP contribution is -1.98. The number of aromatic nitrogens is 2. The molecule has 0 spiro atoms. The Morgan fingerprint density at radius 3 is 2.52 bits per heavy atom. The molecule has 3 rings (SSSR count). The van der Waals surface area contributed by atoms with Gasteiger partial charge in [-0.05, 0) is 35.9 Å². The lowest BCUT2D eigenvalue weighted by molar-refractivity contribution is 0.104. The van der Waals surface area contributed by atoms with Crippen molar-refractivity contribution in [3.63, 3.8) is 0 Å². The average molecular weight is 338 g/mol. The second-order valence-corrected chi connectivity index (χ2v) is 5.01. The van der Waals surface area contributed by atoms with E-state index in [4.69, 9.17) is 4.74 Å². The zero-order valence-electron chi connectivity index (χ0n) is 12.9. The van der Waals surface area contributed by atoms with E-state index in [1.54, 1.807) is 12.1 Å². The second kappa shape index (κ2) is 7.44. The molecule has 0 radical (unpaired) electrons. The molecule has 0 aliphatic carbocycles. The summed E-state index contributed by atoms with van der Waals surface area (Å²) in [5.74, 6) is -1.77. The van der Waals surface area contributed by atoms with E-state index in [-0.39, 0.29) is 23.0 Å². The summed E-state index contributed by atoms with van der Waals surface area (Å²) in [6, 6.07) is 9.85. The molecule has 4 nitrogen and oxygen atoms in total. The first-order valence-electron chi connectivity index (χ1n) is 7.34. The number of rotatable bonds is 5. The van der Waals surface area contributed by atoms with Crippen molar-refractivity contribution >= 4 is 11.9 Å². The molecule has 0 unspecified atom stereocenters. The molecule has 0 bridgehead atoms. The zero-order chi connectivity index (χ0) is 17.6. The van der Waals surface area contributed by atoms with Crippen molar-refractivity contribution in [1.82, 2.24) is 9.97 Å². The van der Waals surface area contributed by atoms with E-state index in [0.29, 0.717) is 5.56 Å². The number of para-hydroxylation sites is 1. The van der Waals surface area contributed by atoms with Gasteiger partial charge < -0.3 is 4.74 Å². The lowest BCUT2D eigenvalue weighted by Gasteiger charge is -2.08. The number of hydrogen-bond acceptors (Lipinski definition) is 4. The molecule has 3 aromatic rings. The first kappa shape index (κ1) is 16.4. The smallest absolute Gasteiger partial charge is 0.205 e. The van der Waals surface area contributed by atoms with Crippen LogP contribution >= 0.6 is 0 Å². The molecule has 25 heavy (non-hydrogen) atoms. The zero-order valence-corrected chi connectivity index (χ0v) is 12.9. The maximum Gasteiger partial charge on any atom is 0.205 e. The highest BCUT2D eigenvalue weighted by molar-refractivity contribution is 6.05. The van der Waals surface area contributed by atoms with Crippen LogP contribution in [0.25, 0.3) is 6.08 Å². The molecule has 0 aliphatic rings. The number of ketones is 1. The maximum absolute atomic E-state index is 14.1. The first-order valence-corrected chi connectivity index (χ1v) is 7.34. The molecule has 6 heteroatoms. The summed E-state index contributed by atoms with van der Waals surface area (Å²) in [5, 5.41) is 0.